The van der Waals surface area contributed by atoms with E-state index in [0.29, 0.717) is 12.3 Å². The van der Waals surface area contributed by atoms with E-state index in [1.54, 1.807) is 6.20 Å². The second-order valence-corrected chi connectivity index (χ2v) is 6.81. The number of benzene rings is 1. The summed E-state index contributed by atoms with van der Waals surface area (Å²) < 4.78 is 0. The molecule has 2 aliphatic heterocycles. The van der Waals surface area contributed by atoms with Gasteiger partial charge in [-0.05, 0) is 37.0 Å². The molecule has 1 aromatic heterocycles. The molecule has 0 aliphatic carbocycles. The molecule has 3 heterocycles. The van der Waals surface area contributed by atoms with E-state index in [9.17, 15) is 4.79 Å². The lowest BCUT2D eigenvalue weighted by Gasteiger charge is -2.33. The number of carbonyl (C=O) groups excluding carboxylic acids is 1. The van der Waals surface area contributed by atoms with Crippen LogP contribution in [0.2, 0.25) is 0 Å². The first kappa shape index (κ1) is 15.2. The van der Waals surface area contributed by atoms with Crippen molar-refractivity contribution in [2.24, 2.45) is 0 Å². The van der Waals surface area contributed by atoms with Crippen LogP contribution in [0, 0.1) is 0 Å². The van der Waals surface area contributed by atoms with Crippen LogP contribution in [0.4, 0.5) is 5.69 Å². The fraction of sp³-hybridized carbons (Fsp3) is 0.474. The van der Waals surface area contributed by atoms with Gasteiger partial charge in [0.05, 0.1) is 0 Å². The number of aromatic nitrogens is 2. The summed E-state index contributed by atoms with van der Waals surface area (Å²) in [6, 6.07) is 10.6. The first-order chi connectivity index (χ1) is 11.8. The van der Waals surface area contributed by atoms with E-state index in [1.807, 2.05) is 11.0 Å². The van der Waals surface area contributed by atoms with Gasteiger partial charge in [-0.2, -0.15) is 5.10 Å². The number of hydrogen-bond acceptors (Lipinski definition) is 3. The molecule has 1 atom stereocenters. The van der Waals surface area contributed by atoms with Crippen molar-refractivity contribution in [1.82, 2.24) is 15.1 Å². The van der Waals surface area contributed by atoms with Crippen LogP contribution in [0.25, 0.3) is 0 Å². The van der Waals surface area contributed by atoms with E-state index in [-0.39, 0.29) is 5.91 Å². The second kappa shape index (κ2) is 6.67. The molecule has 4 rings (SSSR count). The van der Waals surface area contributed by atoms with Gasteiger partial charge in [0.1, 0.15) is 0 Å². The molecule has 0 spiro atoms. The van der Waals surface area contributed by atoms with Crippen LogP contribution >= 0.6 is 0 Å². The standard InChI is InChI=1S/C19H24N4O/c24-19(9-13-22-12-8-15-4-1-2-6-18(15)22)23-11-3-5-16(14-23)17-7-10-20-21-17/h1-2,4,6-7,10,16H,3,5,8-9,11-14H2,(H,20,21). The van der Waals surface area contributed by atoms with Crippen LogP contribution in [-0.2, 0) is 11.2 Å². The zero-order valence-corrected chi connectivity index (χ0v) is 13.9. The molecule has 0 bridgehead atoms. The number of likely N-dealkylation sites (tertiary alicyclic amines) is 1. The quantitative estimate of drug-likeness (QED) is 0.940. The van der Waals surface area contributed by atoms with Gasteiger partial charge >= 0.3 is 0 Å². The maximum Gasteiger partial charge on any atom is 0.224 e. The first-order valence-corrected chi connectivity index (χ1v) is 8.91. The average Bonchev–Trinajstić information content (AvgIpc) is 3.30. The summed E-state index contributed by atoms with van der Waals surface area (Å²) >= 11 is 0. The van der Waals surface area contributed by atoms with Gasteiger partial charge < -0.3 is 9.80 Å². The maximum atomic E-state index is 12.7. The Hall–Kier alpha value is -2.30. The number of H-pyrrole nitrogens is 1. The third-order valence-electron chi connectivity index (χ3n) is 5.32. The molecule has 2 aromatic rings. The van der Waals surface area contributed by atoms with Crippen molar-refractivity contribution in [3.8, 4) is 0 Å². The molecule has 0 saturated carbocycles. The van der Waals surface area contributed by atoms with Gasteiger partial charge in [0.15, 0.2) is 0 Å². The van der Waals surface area contributed by atoms with Gasteiger partial charge in [0.2, 0.25) is 5.91 Å². The van der Waals surface area contributed by atoms with Crippen LogP contribution < -0.4 is 4.90 Å². The molecule has 1 N–H and O–H groups in total. The highest BCUT2D eigenvalue weighted by Crippen LogP contribution is 2.28. The average molecular weight is 324 g/mol. The van der Waals surface area contributed by atoms with Gasteiger partial charge in [0.25, 0.3) is 0 Å². The molecule has 24 heavy (non-hydrogen) atoms. The van der Waals surface area contributed by atoms with Crippen LogP contribution in [0.3, 0.4) is 0 Å². The summed E-state index contributed by atoms with van der Waals surface area (Å²) in [5, 5.41) is 7.10. The number of rotatable bonds is 4. The smallest absolute Gasteiger partial charge is 0.224 e. The maximum absolute atomic E-state index is 12.7. The van der Waals surface area contributed by atoms with Gasteiger partial charge in [0, 0.05) is 56.1 Å². The first-order valence-electron chi connectivity index (χ1n) is 8.91. The number of piperidine rings is 1. The summed E-state index contributed by atoms with van der Waals surface area (Å²) in [6.45, 7) is 3.56. The summed E-state index contributed by atoms with van der Waals surface area (Å²) in [6.07, 6.45) is 5.69. The minimum atomic E-state index is 0.281. The van der Waals surface area contributed by atoms with E-state index in [4.69, 9.17) is 0 Å². The summed E-state index contributed by atoms with van der Waals surface area (Å²) in [5.41, 5.74) is 3.86. The third kappa shape index (κ3) is 3.03. The molecule has 1 aromatic carbocycles. The molecule has 1 fully saturated rings. The Balaban J connectivity index is 1.33. The molecule has 5 heteroatoms. The van der Waals surface area contributed by atoms with Crippen molar-refractivity contribution in [3.63, 3.8) is 0 Å². The molecule has 1 unspecified atom stereocenters. The number of nitrogens with one attached hydrogen (secondary N) is 1. The van der Waals surface area contributed by atoms with Crippen molar-refractivity contribution in [3.05, 3.63) is 47.8 Å². The number of amides is 1. The molecule has 0 radical (unpaired) electrons. The molecule has 1 saturated heterocycles. The highest BCUT2D eigenvalue weighted by atomic mass is 16.2. The molecule has 1 amide bonds. The Morgan fingerprint density at radius 3 is 3.04 bits per heavy atom. The molecular formula is C19H24N4O. The SMILES string of the molecule is O=C(CCN1CCc2ccccc21)N1CCCC(c2ccn[nH]2)C1. The zero-order chi connectivity index (χ0) is 16.4. The molecule has 5 nitrogen and oxygen atoms in total. The predicted molar refractivity (Wildman–Crippen MR) is 94.1 cm³/mol. The number of anilines is 1. The fourth-order valence-electron chi connectivity index (χ4n) is 3.98. The van der Waals surface area contributed by atoms with E-state index in [2.05, 4.69) is 39.4 Å². The van der Waals surface area contributed by atoms with E-state index < -0.39 is 0 Å². The number of fused-ring (bicyclic) bond motifs is 1. The zero-order valence-electron chi connectivity index (χ0n) is 13.9. The van der Waals surface area contributed by atoms with Gasteiger partial charge in [-0.25, -0.2) is 0 Å². The monoisotopic (exact) mass is 324 g/mol. The van der Waals surface area contributed by atoms with Crippen molar-refractivity contribution in [2.45, 2.75) is 31.6 Å². The summed E-state index contributed by atoms with van der Waals surface area (Å²) in [7, 11) is 0. The minimum absolute atomic E-state index is 0.281. The van der Waals surface area contributed by atoms with Crippen LogP contribution in [0.1, 0.15) is 36.4 Å². The number of nitrogens with zero attached hydrogens (tertiary/aromatic N) is 3. The highest BCUT2D eigenvalue weighted by molar-refractivity contribution is 5.77. The minimum Gasteiger partial charge on any atom is -0.370 e. The number of hydrogen-bond donors (Lipinski definition) is 1. The largest absolute Gasteiger partial charge is 0.370 e. The predicted octanol–water partition coefficient (Wildman–Crippen LogP) is 2.57. The van der Waals surface area contributed by atoms with Gasteiger partial charge in [-0.15, -0.1) is 0 Å². The summed E-state index contributed by atoms with van der Waals surface area (Å²) in [4.78, 5) is 17.0. The highest BCUT2D eigenvalue weighted by Gasteiger charge is 2.26. The Labute approximate surface area is 142 Å². The lowest BCUT2D eigenvalue weighted by atomic mass is 9.95. The van der Waals surface area contributed by atoms with Crippen molar-refractivity contribution in [2.75, 3.05) is 31.1 Å². The lowest BCUT2D eigenvalue weighted by Crippen LogP contribution is -2.40. The molecule has 2 aliphatic rings. The van der Waals surface area contributed by atoms with Crippen molar-refractivity contribution >= 4 is 11.6 Å². The summed E-state index contributed by atoms with van der Waals surface area (Å²) in [5.74, 6) is 0.682. The topological polar surface area (TPSA) is 52.2 Å². The molecular weight excluding hydrogens is 300 g/mol. The fourth-order valence-corrected chi connectivity index (χ4v) is 3.98. The number of aromatic amines is 1. The van der Waals surface area contributed by atoms with Gasteiger partial charge in [-0.1, -0.05) is 18.2 Å². The Bertz CT molecular complexity index is 697. The third-order valence-corrected chi connectivity index (χ3v) is 5.32. The van der Waals surface area contributed by atoms with Crippen molar-refractivity contribution < 1.29 is 4.79 Å². The van der Waals surface area contributed by atoms with Crippen LogP contribution in [0.15, 0.2) is 36.5 Å². The Morgan fingerprint density at radius 1 is 1.25 bits per heavy atom. The Morgan fingerprint density at radius 2 is 2.17 bits per heavy atom. The van der Waals surface area contributed by atoms with Gasteiger partial charge in [-0.3, -0.25) is 9.89 Å². The van der Waals surface area contributed by atoms with Crippen LogP contribution in [-0.4, -0.2) is 47.2 Å². The Kier molecular flexibility index (Phi) is 4.24. The van der Waals surface area contributed by atoms with Crippen molar-refractivity contribution in [1.29, 1.82) is 0 Å². The molecule has 126 valence electrons. The van der Waals surface area contributed by atoms with E-state index >= 15 is 0 Å². The van der Waals surface area contributed by atoms with E-state index in [1.165, 1.54) is 11.3 Å². The number of para-hydroxylation sites is 1. The lowest BCUT2D eigenvalue weighted by molar-refractivity contribution is -0.132. The van der Waals surface area contributed by atoms with E-state index in [0.717, 1.165) is 51.1 Å². The number of carbonyl (C=O) groups is 1. The van der Waals surface area contributed by atoms with Crippen LogP contribution in [0.5, 0.6) is 0 Å². The normalized spacial score (nSPS) is 20.2. The second-order valence-electron chi connectivity index (χ2n) is 6.81.